The van der Waals surface area contributed by atoms with Crippen LogP contribution in [0, 0.1) is 6.92 Å². The molecule has 0 fully saturated rings. The van der Waals surface area contributed by atoms with Gasteiger partial charge in [-0.15, -0.1) is 0 Å². The third-order valence-electron chi connectivity index (χ3n) is 1.56. The minimum absolute atomic E-state index is 0.846. The number of likely N-dealkylation sites (N-methyl/N-ethyl adjacent to an activating group) is 1. The van der Waals surface area contributed by atoms with E-state index in [4.69, 9.17) is 0 Å². The molecule has 0 atom stereocenters. The zero-order valence-corrected chi connectivity index (χ0v) is 7.26. The molecule has 0 aliphatic carbocycles. The SMILES string of the molecule is CNCCc1nc(C)nn1C. The van der Waals surface area contributed by atoms with Crippen LogP contribution in [0.3, 0.4) is 0 Å². The Kier molecular flexibility index (Phi) is 2.59. The van der Waals surface area contributed by atoms with E-state index in [1.165, 1.54) is 0 Å². The van der Waals surface area contributed by atoms with Gasteiger partial charge in [0, 0.05) is 20.0 Å². The van der Waals surface area contributed by atoms with E-state index in [0.29, 0.717) is 0 Å². The summed E-state index contributed by atoms with van der Waals surface area (Å²) in [4.78, 5) is 4.26. The molecule has 0 spiro atoms. The smallest absolute Gasteiger partial charge is 0.147 e. The van der Waals surface area contributed by atoms with Gasteiger partial charge in [0.1, 0.15) is 11.6 Å². The summed E-state index contributed by atoms with van der Waals surface area (Å²) < 4.78 is 1.83. The lowest BCUT2D eigenvalue weighted by Crippen LogP contribution is -2.13. The van der Waals surface area contributed by atoms with Crippen molar-refractivity contribution in [2.24, 2.45) is 7.05 Å². The number of aryl methyl sites for hydroxylation is 2. The van der Waals surface area contributed by atoms with Gasteiger partial charge in [0.05, 0.1) is 0 Å². The van der Waals surface area contributed by atoms with Crippen LogP contribution in [0.1, 0.15) is 11.6 Å². The second kappa shape index (κ2) is 3.48. The normalized spacial score (nSPS) is 10.5. The zero-order valence-electron chi connectivity index (χ0n) is 7.26. The predicted octanol–water partition coefficient (Wildman–Crippen LogP) is -0.115. The molecule has 1 aromatic heterocycles. The minimum atomic E-state index is 0.846. The highest BCUT2D eigenvalue weighted by molar-refractivity contribution is 4.90. The van der Waals surface area contributed by atoms with Crippen LogP contribution in [0.25, 0.3) is 0 Å². The third-order valence-corrected chi connectivity index (χ3v) is 1.56. The number of rotatable bonds is 3. The number of nitrogens with one attached hydrogen (secondary N) is 1. The molecule has 0 bridgehead atoms. The molecule has 4 heteroatoms. The van der Waals surface area contributed by atoms with E-state index in [-0.39, 0.29) is 0 Å². The Labute approximate surface area is 66.6 Å². The highest BCUT2D eigenvalue weighted by atomic mass is 15.3. The van der Waals surface area contributed by atoms with Gasteiger partial charge in [0.25, 0.3) is 0 Å². The Bertz CT molecular complexity index is 228. The fraction of sp³-hybridized carbons (Fsp3) is 0.714. The monoisotopic (exact) mass is 154 g/mol. The summed E-state index contributed by atoms with van der Waals surface area (Å²) in [5, 5.41) is 7.21. The lowest BCUT2D eigenvalue weighted by Gasteiger charge is -1.97. The van der Waals surface area contributed by atoms with Gasteiger partial charge >= 0.3 is 0 Å². The Morgan fingerprint density at radius 2 is 2.27 bits per heavy atom. The molecule has 0 unspecified atom stereocenters. The largest absolute Gasteiger partial charge is 0.319 e. The van der Waals surface area contributed by atoms with E-state index in [0.717, 1.165) is 24.6 Å². The van der Waals surface area contributed by atoms with E-state index < -0.39 is 0 Å². The average Bonchev–Trinajstić information content (AvgIpc) is 2.26. The van der Waals surface area contributed by atoms with E-state index in [2.05, 4.69) is 15.4 Å². The van der Waals surface area contributed by atoms with Crippen molar-refractivity contribution in [2.75, 3.05) is 13.6 Å². The number of nitrogens with zero attached hydrogens (tertiary/aromatic N) is 3. The van der Waals surface area contributed by atoms with E-state index >= 15 is 0 Å². The van der Waals surface area contributed by atoms with Crippen LogP contribution in [-0.4, -0.2) is 28.4 Å². The molecule has 0 aliphatic heterocycles. The molecule has 11 heavy (non-hydrogen) atoms. The molecule has 0 aliphatic rings. The first kappa shape index (κ1) is 8.20. The van der Waals surface area contributed by atoms with Crippen LogP contribution in [-0.2, 0) is 13.5 Å². The van der Waals surface area contributed by atoms with Crippen molar-refractivity contribution in [2.45, 2.75) is 13.3 Å². The molecule has 1 N–H and O–H groups in total. The highest BCUT2D eigenvalue weighted by Crippen LogP contribution is 1.94. The van der Waals surface area contributed by atoms with Gasteiger partial charge in [0.2, 0.25) is 0 Å². The maximum atomic E-state index is 4.26. The summed E-state index contributed by atoms with van der Waals surface area (Å²) in [5.41, 5.74) is 0. The lowest BCUT2D eigenvalue weighted by molar-refractivity contribution is 0.669. The quantitative estimate of drug-likeness (QED) is 0.660. The molecule has 4 nitrogen and oxygen atoms in total. The van der Waals surface area contributed by atoms with Gasteiger partial charge in [-0.1, -0.05) is 0 Å². The second-order valence-corrected chi connectivity index (χ2v) is 2.55. The molecule has 1 rings (SSSR count). The third kappa shape index (κ3) is 2.01. The first-order valence-electron chi connectivity index (χ1n) is 3.75. The molecule has 0 saturated carbocycles. The van der Waals surface area contributed by atoms with Crippen molar-refractivity contribution in [3.05, 3.63) is 11.6 Å². The Morgan fingerprint density at radius 3 is 2.73 bits per heavy atom. The molecule has 0 aromatic carbocycles. The van der Waals surface area contributed by atoms with E-state index in [1.807, 2.05) is 25.7 Å². The second-order valence-electron chi connectivity index (χ2n) is 2.55. The Morgan fingerprint density at radius 1 is 1.55 bits per heavy atom. The summed E-state index contributed by atoms with van der Waals surface area (Å²) in [6.45, 7) is 2.86. The van der Waals surface area contributed by atoms with Gasteiger partial charge in [-0.25, -0.2) is 4.98 Å². The number of hydrogen-bond acceptors (Lipinski definition) is 3. The van der Waals surface area contributed by atoms with Crippen molar-refractivity contribution < 1.29 is 0 Å². The molecule has 0 radical (unpaired) electrons. The molecule has 0 saturated heterocycles. The van der Waals surface area contributed by atoms with Crippen LogP contribution in [0.15, 0.2) is 0 Å². The van der Waals surface area contributed by atoms with Crippen molar-refractivity contribution in [1.29, 1.82) is 0 Å². The van der Waals surface area contributed by atoms with Gasteiger partial charge in [-0.2, -0.15) is 5.10 Å². The summed E-state index contributed by atoms with van der Waals surface area (Å²) in [6.07, 6.45) is 0.938. The number of hydrogen-bond donors (Lipinski definition) is 1. The molecular formula is C7H14N4. The van der Waals surface area contributed by atoms with Crippen LogP contribution < -0.4 is 5.32 Å². The standard InChI is InChI=1S/C7H14N4/c1-6-9-7(4-5-8-2)11(3)10-6/h8H,4-5H2,1-3H3. The molecule has 0 amide bonds. The van der Waals surface area contributed by atoms with Crippen LogP contribution in [0.5, 0.6) is 0 Å². The van der Waals surface area contributed by atoms with Crippen LogP contribution >= 0.6 is 0 Å². The van der Waals surface area contributed by atoms with Crippen LogP contribution in [0.4, 0.5) is 0 Å². The van der Waals surface area contributed by atoms with E-state index in [9.17, 15) is 0 Å². The first-order chi connectivity index (χ1) is 5.24. The molecule has 1 aromatic rings. The molecule has 1 heterocycles. The lowest BCUT2D eigenvalue weighted by atomic mass is 10.4. The summed E-state index contributed by atoms with van der Waals surface area (Å²) in [7, 11) is 3.86. The van der Waals surface area contributed by atoms with Crippen LogP contribution in [0.2, 0.25) is 0 Å². The van der Waals surface area contributed by atoms with E-state index in [1.54, 1.807) is 0 Å². The first-order valence-corrected chi connectivity index (χ1v) is 3.75. The topological polar surface area (TPSA) is 42.7 Å². The van der Waals surface area contributed by atoms with Gasteiger partial charge in [0.15, 0.2) is 0 Å². The van der Waals surface area contributed by atoms with Crippen molar-refractivity contribution >= 4 is 0 Å². The highest BCUT2D eigenvalue weighted by Gasteiger charge is 2.01. The molecule has 62 valence electrons. The van der Waals surface area contributed by atoms with Gasteiger partial charge in [-0.05, 0) is 14.0 Å². The maximum absolute atomic E-state index is 4.26. The summed E-state index contributed by atoms with van der Waals surface area (Å²) in [6, 6.07) is 0. The Hall–Kier alpha value is -0.900. The fourth-order valence-corrected chi connectivity index (χ4v) is 1.01. The van der Waals surface area contributed by atoms with Crippen molar-refractivity contribution in [1.82, 2.24) is 20.1 Å². The Balaban J connectivity index is 2.62. The minimum Gasteiger partial charge on any atom is -0.319 e. The fourth-order valence-electron chi connectivity index (χ4n) is 1.01. The zero-order chi connectivity index (χ0) is 8.27. The van der Waals surface area contributed by atoms with Crippen molar-refractivity contribution in [3.63, 3.8) is 0 Å². The van der Waals surface area contributed by atoms with Gasteiger partial charge in [-0.3, -0.25) is 4.68 Å². The number of aromatic nitrogens is 3. The summed E-state index contributed by atoms with van der Waals surface area (Å²) >= 11 is 0. The maximum Gasteiger partial charge on any atom is 0.147 e. The predicted molar refractivity (Wildman–Crippen MR) is 43.4 cm³/mol. The van der Waals surface area contributed by atoms with Crippen molar-refractivity contribution in [3.8, 4) is 0 Å². The van der Waals surface area contributed by atoms with Gasteiger partial charge < -0.3 is 5.32 Å². The molecular weight excluding hydrogens is 140 g/mol. The average molecular weight is 154 g/mol. The summed E-state index contributed by atoms with van der Waals surface area (Å²) in [5.74, 6) is 1.88.